The molecule has 1 N–H and O–H groups in total. The van der Waals surface area contributed by atoms with E-state index in [9.17, 15) is 18.7 Å². The van der Waals surface area contributed by atoms with Crippen molar-refractivity contribution in [3.63, 3.8) is 0 Å². The number of allylic oxidation sites excluding steroid dienone is 2. The number of benzene rings is 4. The summed E-state index contributed by atoms with van der Waals surface area (Å²) in [6, 6.07) is 27.7. The molecular formula is C56H68F2IrN2O2-2. The van der Waals surface area contributed by atoms with Crippen LogP contribution in [0.2, 0.25) is 0 Å². The minimum absolute atomic E-state index is 0. The maximum atomic E-state index is 12.9. The van der Waals surface area contributed by atoms with Crippen molar-refractivity contribution < 1.29 is 44.3 Å². The van der Waals surface area contributed by atoms with E-state index >= 15 is 0 Å². The van der Waals surface area contributed by atoms with Crippen molar-refractivity contribution in [3.8, 4) is 22.5 Å². The van der Waals surface area contributed by atoms with Crippen LogP contribution in [-0.2, 0) is 37.7 Å². The molecule has 7 heteroatoms. The summed E-state index contributed by atoms with van der Waals surface area (Å²) in [6.07, 6.45) is 4.46. The molecule has 1 atom stereocenters. The van der Waals surface area contributed by atoms with E-state index in [2.05, 4.69) is 74.1 Å². The molecule has 2 aromatic heterocycles. The third-order valence-corrected chi connectivity index (χ3v) is 10.7. The molecule has 0 fully saturated rings. The molecule has 2 heterocycles. The van der Waals surface area contributed by atoms with Crippen molar-refractivity contribution in [1.29, 1.82) is 0 Å². The fourth-order valence-electron chi connectivity index (χ4n) is 7.83. The van der Waals surface area contributed by atoms with Gasteiger partial charge in [0.2, 0.25) is 5.92 Å². The molecule has 6 aromatic rings. The van der Waals surface area contributed by atoms with Gasteiger partial charge in [-0.15, -0.1) is 69.8 Å². The number of aryl methyl sites for hydroxylation is 4. The number of aliphatic hydroxyl groups is 1. The summed E-state index contributed by atoms with van der Waals surface area (Å²) in [5.41, 5.74) is 10.1. The number of halogens is 2. The zero-order chi connectivity index (χ0) is 49.2. The number of carbonyl (C=O) groups excluding carboxylic acids is 1. The second-order valence-corrected chi connectivity index (χ2v) is 17.7. The number of carbonyl (C=O) groups is 1. The van der Waals surface area contributed by atoms with Crippen molar-refractivity contribution in [2.24, 2.45) is 23.7 Å². The van der Waals surface area contributed by atoms with E-state index < -0.39 is 18.3 Å². The molecule has 6 rings (SSSR count). The largest absolute Gasteiger partial charge is 0.512 e. The number of alkyl halides is 2. The minimum Gasteiger partial charge on any atom is -0.512 e. The number of fused-ring (bicyclic) bond motifs is 2. The topological polar surface area (TPSA) is 63.1 Å². The van der Waals surface area contributed by atoms with E-state index in [4.69, 9.17) is 5.48 Å². The van der Waals surface area contributed by atoms with Crippen LogP contribution in [0.5, 0.6) is 0 Å². The smallest absolute Gasteiger partial charge is 0.246 e. The fraction of sp³-hybridized carbons (Fsp3) is 0.411. The summed E-state index contributed by atoms with van der Waals surface area (Å²) in [7, 11) is 0. The third-order valence-electron chi connectivity index (χ3n) is 10.7. The van der Waals surface area contributed by atoms with Crippen LogP contribution in [0.3, 0.4) is 0 Å². The number of hydrogen-bond acceptors (Lipinski definition) is 4. The number of rotatable bonds is 14. The Balaban J connectivity index is 0.000000268. The van der Waals surface area contributed by atoms with E-state index in [1.54, 1.807) is 6.92 Å². The van der Waals surface area contributed by atoms with Gasteiger partial charge in [-0.1, -0.05) is 113 Å². The van der Waals surface area contributed by atoms with Crippen LogP contribution in [0, 0.1) is 63.5 Å². The molecule has 4 aromatic carbocycles. The molecule has 0 bridgehead atoms. The van der Waals surface area contributed by atoms with Crippen molar-refractivity contribution in [1.82, 2.24) is 9.97 Å². The molecule has 0 aliphatic heterocycles. The van der Waals surface area contributed by atoms with Crippen molar-refractivity contribution in [2.45, 2.75) is 128 Å². The van der Waals surface area contributed by atoms with Gasteiger partial charge in [0.15, 0.2) is 5.78 Å². The van der Waals surface area contributed by atoms with Gasteiger partial charge in [-0.3, -0.25) is 4.79 Å². The molecule has 4 nitrogen and oxygen atoms in total. The summed E-state index contributed by atoms with van der Waals surface area (Å²) < 4.78 is 58.5. The zero-order valence-electron chi connectivity index (χ0n) is 43.2. The van der Waals surface area contributed by atoms with Gasteiger partial charge in [-0.25, -0.2) is 8.78 Å². The van der Waals surface area contributed by atoms with Gasteiger partial charge in [0.1, 0.15) is 0 Å². The van der Waals surface area contributed by atoms with Crippen LogP contribution in [0.4, 0.5) is 8.78 Å². The van der Waals surface area contributed by atoms with Crippen LogP contribution in [0.25, 0.3) is 44.1 Å². The van der Waals surface area contributed by atoms with Crippen molar-refractivity contribution in [3.05, 3.63) is 142 Å². The Kier molecular flexibility index (Phi) is 18.0. The predicted octanol–water partition coefficient (Wildman–Crippen LogP) is 15.5. The summed E-state index contributed by atoms with van der Waals surface area (Å²) in [5, 5.41) is 13.2. The number of pyridine rings is 2. The normalized spacial score (nSPS) is 13.1. The van der Waals surface area contributed by atoms with Crippen LogP contribution >= 0.6 is 0 Å². The zero-order valence-corrected chi connectivity index (χ0v) is 41.6. The third kappa shape index (κ3) is 16.2. The van der Waals surface area contributed by atoms with Gasteiger partial charge in [0, 0.05) is 56.8 Å². The molecule has 0 saturated heterocycles. The van der Waals surface area contributed by atoms with Gasteiger partial charge in [0.05, 0.1) is 11.2 Å². The molecular weight excluding hydrogens is 963 g/mol. The van der Waals surface area contributed by atoms with Crippen molar-refractivity contribution >= 4 is 27.3 Å². The monoisotopic (exact) mass is 1040 g/mol. The Morgan fingerprint density at radius 1 is 0.714 bits per heavy atom. The molecule has 1 radical (unpaired) electrons. The Bertz CT molecular complexity index is 2480. The first kappa shape index (κ1) is 46.4. The molecule has 1 unspecified atom stereocenters. The number of aromatic nitrogens is 2. The van der Waals surface area contributed by atoms with Crippen LogP contribution in [0.1, 0.15) is 120 Å². The van der Waals surface area contributed by atoms with Gasteiger partial charge < -0.3 is 15.1 Å². The van der Waals surface area contributed by atoms with Gasteiger partial charge in [-0.2, -0.15) is 0 Å². The first-order chi connectivity index (χ1) is 30.9. The number of nitrogens with zero attached hydrogens (tertiary/aromatic N) is 2. The average molecular weight is 1040 g/mol. The van der Waals surface area contributed by atoms with Gasteiger partial charge in [0.25, 0.3) is 0 Å². The number of aliphatic hydroxyl groups excluding tert-OH is 1. The summed E-state index contributed by atoms with van der Waals surface area (Å²) >= 11 is 0. The Labute approximate surface area is 396 Å². The maximum absolute atomic E-state index is 12.9. The molecule has 0 amide bonds. The van der Waals surface area contributed by atoms with Crippen LogP contribution < -0.4 is 0 Å². The fourth-order valence-corrected chi connectivity index (χ4v) is 7.83. The summed E-state index contributed by atoms with van der Waals surface area (Å²) in [5.74, 6) is -2.88. The minimum atomic E-state index is -2.83. The summed E-state index contributed by atoms with van der Waals surface area (Å²) in [4.78, 5) is 20.6. The van der Waals surface area contributed by atoms with E-state index in [-0.39, 0.29) is 62.0 Å². The van der Waals surface area contributed by atoms with Crippen LogP contribution in [0.15, 0.2) is 96.9 Å². The van der Waals surface area contributed by atoms with Crippen LogP contribution in [-0.4, -0.2) is 26.8 Å². The second-order valence-electron chi connectivity index (χ2n) is 17.7. The van der Waals surface area contributed by atoms with Gasteiger partial charge in [-0.05, 0) is 107 Å². The first-order valence-corrected chi connectivity index (χ1v) is 22.1. The summed E-state index contributed by atoms with van der Waals surface area (Å²) in [6.45, 7) is 23.2. The maximum Gasteiger partial charge on any atom is 0.246 e. The molecule has 339 valence electrons. The molecule has 0 aliphatic carbocycles. The van der Waals surface area contributed by atoms with E-state index in [1.807, 2.05) is 77.9 Å². The molecule has 0 aliphatic rings. The van der Waals surface area contributed by atoms with E-state index in [0.717, 1.165) is 92.2 Å². The second kappa shape index (κ2) is 24.5. The standard InChI is InChI=1S/2C21H22N.C14H24F2O2.Ir/c2*1-14(2)9-17-5-6-20-18(13-17)7-8-22-21(20)19-11-15(3)10-16(4)12-19;1-5-10(6-2)12(17)8-13(18)11(7-3)9-14(4,15)16;/h2*5-8,10-11,13-14H,9H2,1-4H3;8,10-11,18H,5-7,9H2,1-4H3;/q2*-1;;/b;;13-8-;/i2*7D,8D;;. The van der Waals surface area contributed by atoms with Gasteiger partial charge >= 0.3 is 0 Å². The number of hydrogen-bond donors (Lipinski definition) is 1. The Morgan fingerprint density at radius 2 is 1.13 bits per heavy atom. The quantitative estimate of drug-likeness (QED) is 0.0671. The predicted molar refractivity (Wildman–Crippen MR) is 257 cm³/mol. The SMILES string of the molecule is CCC(CC)C(=O)/C=C(\O)C(CC)CC(C)(F)F.[2H]c1nc(-c2[c-]c(C)cc(C)c2)c2ccc(CC(C)C)cc2c1[2H].[2H]c1nc(-c2[c-]c(C)cc(C)c2)c2ccc(CC(C)C)cc2c1[2H].[Ir]. The molecule has 0 spiro atoms. The van der Waals surface area contributed by atoms with E-state index in [1.165, 1.54) is 11.1 Å². The number of ketones is 1. The Morgan fingerprint density at radius 3 is 1.48 bits per heavy atom. The average Bonchev–Trinajstić information content (AvgIpc) is 3.22. The molecule has 63 heavy (non-hydrogen) atoms. The van der Waals surface area contributed by atoms with Crippen molar-refractivity contribution in [2.75, 3.05) is 0 Å². The molecule has 0 saturated carbocycles. The van der Waals surface area contributed by atoms with E-state index in [0.29, 0.717) is 31.1 Å². The Hall–Kier alpha value is -4.58. The first-order valence-electron chi connectivity index (χ1n) is 24.1.